The lowest BCUT2D eigenvalue weighted by Gasteiger charge is -2.30. The van der Waals surface area contributed by atoms with Crippen LogP contribution in [0.25, 0.3) is 0 Å². The topological polar surface area (TPSA) is 66.8 Å². The van der Waals surface area contributed by atoms with Crippen molar-refractivity contribution in [3.05, 3.63) is 35.9 Å². The monoisotopic (exact) mass is 319 g/mol. The van der Waals surface area contributed by atoms with Crippen molar-refractivity contribution in [3.8, 4) is 0 Å². The first kappa shape index (κ1) is 17.5. The third-order valence-corrected chi connectivity index (χ3v) is 4.23. The molecular weight excluding hydrogens is 294 g/mol. The highest BCUT2D eigenvalue weighted by molar-refractivity contribution is 5.93. The SMILES string of the molecule is C[C@H](c1ccccc1)N1C[C@](C)(C(=O)OC(C)(C)C)C(O)C1=O. The largest absolute Gasteiger partial charge is 0.459 e. The summed E-state index contributed by atoms with van der Waals surface area (Å²) in [5, 5.41) is 10.4. The third-order valence-electron chi connectivity index (χ3n) is 4.23. The number of nitrogens with zero attached hydrogens (tertiary/aromatic N) is 1. The lowest BCUT2D eigenvalue weighted by Crippen LogP contribution is -2.44. The van der Waals surface area contributed by atoms with E-state index < -0.39 is 29.0 Å². The molecule has 1 aliphatic rings. The minimum absolute atomic E-state index is 0.137. The maximum atomic E-state index is 12.5. The van der Waals surface area contributed by atoms with Crippen LogP contribution in [0.1, 0.15) is 46.2 Å². The number of carbonyl (C=O) groups is 2. The van der Waals surface area contributed by atoms with Crippen LogP contribution in [0, 0.1) is 5.41 Å². The maximum absolute atomic E-state index is 12.5. The first-order chi connectivity index (χ1) is 10.6. The van der Waals surface area contributed by atoms with E-state index in [0.29, 0.717) is 0 Å². The zero-order chi connectivity index (χ0) is 17.4. The van der Waals surface area contributed by atoms with Gasteiger partial charge in [-0.3, -0.25) is 9.59 Å². The van der Waals surface area contributed by atoms with Crippen molar-refractivity contribution in [3.63, 3.8) is 0 Å². The summed E-state index contributed by atoms with van der Waals surface area (Å²) in [6.45, 7) is 8.91. The van der Waals surface area contributed by atoms with E-state index in [1.165, 1.54) is 0 Å². The molecule has 5 nitrogen and oxygen atoms in total. The van der Waals surface area contributed by atoms with E-state index in [4.69, 9.17) is 4.74 Å². The summed E-state index contributed by atoms with van der Waals surface area (Å²) in [7, 11) is 0. The number of ether oxygens (including phenoxy) is 1. The lowest BCUT2D eigenvalue weighted by atomic mass is 9.87. The molecule has 0 radical (unpaired) electrons. The number of benzene rings is 1. The molecule has 1 amide bonds. The molecule has 2 rings (SSSR count). The number of rotatable bonds is 3. The molecule has 1 N–H and O–H groups in total. The van der Waals surface area contributed by atoms with Crippen molar-refractivity contribution in [1.29, 1.82) is 0 Å². The van der Waals surface area contributed by atoms with Gasteiger partial charge >= 0.3 is 5.97 Å². The molecule has 1 fully saturated rings. The molecule has 0 aromatic heterocycles. The standard InChI is InChI=1S/C18H25NO4/c1-12(13-9-7-6-8-10-13)19-11-18(5,14(20)15(19)21)16(22)23-17(2,3)4/h6-10,12,14,20H,11H2,1-5H3/t12-,14?,18+/m1/s1. The van der Waals surface area contributed by atoms with Crippen LogP contribution in [0.4, 0.5) is 0 Å². The number of aliphatic hydroxyl groups is 1. The van der Waals surface area contributed by atoms with Gasteiger partial charge in [-0.25, -0.2) is 0 Å². The second-order valence-corrected chi connectivity index (χ2v) is 7.37. The molecule has 0 bridgehead atoms. The van der Waals surface area contributed by atoms with E-state index in [0.717, 1.165) is 5.56 Å². The number of carbonyl (C=O) groups excluding carboxylic acids is 2. The minimum atomic E-state index is -1.39. The molecule has 5 heteroatoms. The van der Waals surface area contributed by atoms with Gasteiger partial charge in [-0.15, -0.1) is 0 Å². The van der Waals surface area contributed by atoms with Gasteiger partial charge in [-0.05, 0) is 40.2 Å². The number of likely N-dealkylation sites (tertiary alicyclic amines) is 1. The van der Waals surface area contributed by atoms with Crippen molar-refractivity contribution < 1.29 is 19.4 Å². The summed E-state index contributed by atoms with van der Waals surface area (Å²) >= 11 is 0. The summed E-state index contributed by atoms with van der Waals surface area (Å²) in [5.41, 5.74) is -0.962. The van der Waals surface area contributed by atoms with Crippen molar-refractivity contribution >= 4 is 11.9 Å². The summed E-state index contributed by atoms with van der Waals surface area (Å²) in [6, 6.07) is 9.33. The second kappa shape index (κ2) is 5.96. The Kier molecular flexibility index (Phi) is 4.53. The molecule has 1 saturated heterocycles. The normalized spacial score (nSPS) is 26.3. The molecule has 1 unspecified atom stereocenters. The Balaban J connectivity index is 2.24. The molecular formula is C18H25NO4. The van der Waals surface area contributed by atoms with E-state index in [1.807, 2.05) is 37.3 Å². The highest BCUT2D eigenvalue weighted by Gasteiger charge is 2.56. The smallest absolute Gasteiger partial charge is 0.317 e. The Morgan fingerprint density at radius 1 is 1.35 bits per heavy atom. The summed E-state index contributed by atoms with van der Waals surface area (Å²) in [5.74, 6) is -0.983. The van der Waals surface area contributed by atoms with E-state index in [9.17, 15) is 14.7 Å². The van der Waals surface area contributed by atoms with Crippen molar-refractivity contribution in [2.75, 3.05) is 6.54 Å². The first-order valence-corrected chi connectivity index (χ1v) is 7.83. The van der Waals surface area contributed by atoms with Gasteiger partial charge in [0, 0.05) is 6.54 Å². The highest BCUT2D eigenvalue weighted by Crippen LogP contribution is 2.38. The van der Waals surface area contributed by atoms with Gasteiger partial charge in [0.25, 0.3) is 5.91 Å². The van der Waals surface area contributed by atoms with Gasteiger partial charge in [0.15, 0.2) is 6.10 Å². The van der Waals surface area contributed by atoms with Crippen LogP contribution in [-0.4, -0.2) is 40.1 Å². The van der Waals surface area contributed by atoms with E-state index in [2.05, 4.69) is 0 Å². The van der Waals surface area contributed by atoms with Crippen LogP contribution in [0.3, 0.4) is 0 Å². The summed E-state index contributed by atoms with van der Waals surface area (Å²) in [4.78, 5) is 26.5. The predicted octanol–water partition coefficient (Wildman–Crippen LogP) is 2.30. The summed E-state index contributed by atoms with van der Waals surface area (Å²) < 4.78 is 5.40. The molecule has 1 aliphatic heterocycles. The predicted molar refractivity (Wildman–Crippen MR) is 86.5 cm³/mol. The van der Waals surface area contributed by atoms with Gasteiger partial charge < -0.3 is 14.7 Å². The molecule has 1 heterocycles. The number of aliphatic hydroxyl groups excluding tert-OH is 1. The molecule has 0 aliphatic carbocycles. The summed E-state index contributed by atoms with van der Waals surface area (Å²) in [6.07, 6.45) is -1.39. The van der Waals surface area contributed by atoms with Gasteiger partial charge in [0.2, 0.25) is 0 Å². The first-order valence-electron chi connectivity index (χ1n) is 7.83. The van der Waals surface area contributed by atoms with Crippen LogP contribution in [-0.2, 0) is 14.3 Å². The van der Waals surface area contributed by atoms with Crippen molar-refractivity contribution in [2.24, 2.45) is 5.41 Å². The van der Waals surface area contributed by atoms with Crippen LogP contribution >= 0.6 is 0 Å². The number of amides is 1. The van der Waals surface area contributed by atoms with Gasteiger partial charge in [-0.2, -0.15) is 0 Å². The molecule has 126 valence electrons. The van der Waals surface area contributed by atoms with Crippen LogP contribution in [0.2, 0.25) is 0 Å². The number of hydrogen-bond acceptors (Lipinski definition) is 4. The Morgan fingerprint density at radius 3 is 2.43 bits per heavy atom. The fourth-order valence-electron chi connectivity index (χ4n) is 2.76. The minimum Gasteiger partial charge on any atom is -0.459 e. The fraction of sp³-hybridized carbons (Fsp3) is 0.556. The number of esters is 1. The van der Waals surface area contributed by atoms with Crippen molar-refractivity contribution in [2.45, 2.75) is 52.4 Å². The van der Waals surface area contributed by atoms with Crippen LogP contribution in [0.5, 0.6) is 0 Å². The zero-order valence-corrected chi connectivity index (χ0v) is 14.4. The Labute approximate surface area is 137 Å². The Hall–Kier alpha value is -1.88. The molecule has 1 aromatic carbocycles. The fourth-order valence-corrected chi connectivity index (χ4v) is 2.76. The Bertz CT molecular complexity index is 593. The molecule has 23 heavy (non-hydrogen) atoms. The van der Waals surface area contributed by atoms with Crippen LogP contribution in [0.15, 0.2) is 30.3 Å². The van der Waals surface area contributed by atoms with Crippen molar-refractivity contribution in [1.82, 2.24) is 4.90 Å². The molecule has 0 saturated carbocycles. The Morgan fingerprint density at radius 2 is 1.91 bits per heavy atom. The van der Waals surface area contributed by atoms with E-state index >= 15 is 0 Å². The van der Waals surface area contributed by atoms with Gasteiger partial charge in [0.1, 0.15) is 11.0 Å². The molecule has 0 spiro atoms. The average Bonchev–Trinajstić information content (AvgIpc) is 2.71. The van der Waals surface area contributed by atoms with E-state index in [-0.39, 0.29) is 12.6 Å². The lowest BCUT2D eigenvalue weighted by molar-refractivity contribution is -0.171. The second-order valence-electron chi connectivity index (χ2n) is 7.37. The van der Waals surface area contributed by atoms with Crippen LogP contribution < -0.4 is 0 Å². The average molecular weight is 319 g/mol. The van der Waals surface area contributed by atoms with E-state index in [1.54, 1.807) is 32.6 Å². The quantitative estimate of drug-likeness (QED) is 0.868. The highest BCUT2D eigenvalue weighted by atomic mass is 16.6. The zero-order valence-electron chi connectivity index (χ0n) is 14.4. The third kappa shape index (κ3) is 3.39. The number of hydrogen-bond donors (Lipinski definition) is 1. The van der Waals surface area contributed by atoms with Gasteiger partial charge in [0.05, 0.1) is 6.04 Å². The molecule has 3 atom stereocenters. The molecule has 1 aromatic rings. The van der Waals surface area contributed by atoms with Gasteiger partial charge in [-0.1, -0.05) is 30.3 Å². The maximum Gasteiger partial charge on any atom is 0.317 e.